The van der Waals surface area contributed by atoms with Gasteiger partial charge in [0.1, 0.15) is 15.8 Å². The molecule has 2 aromatic rings. The normalized spacial score (nSPS) is 12.0. The Bertz CT molecular complexity index is 631. The van der Waals surface area contributed by atoms with E-state index in [0.717, 1.165) is 12.6 Å². The molecule has 0 bridgehead atoms. The quantitative estimate of drug-likeness (QED) is 0.943. The summed E-state index contributed by atoms with van der Waals surface area (Å²) in [6.07, 6.45) is 5.15. The number of hydrogen-bond acceptors (Lipinski definition) is 4. The van der Waals surface area contributed by atoms with Crippen LogP contribution in [0.25, 0.3) is 10.6 Å². The van der Waals surface area contributed by atoms with Crippen LogP contribution in [-0.2, 0) is 0 Å². The summed E-state index contributed by atoms with van der Waals surface area (Å²) in [7, 11) is 1.68. The van der Waals surface area contributed by atoms with E-state index in [9.17, 15) is 9.18 Å². The number of urea groups is 1. The third-order valence-corrected chi connectivity index (χ3v) is 4.19. The van der Waals surface area contributed by atoms with Crippen LogP contribution in [0.15, 0.2) is 24.7 Å². The van der Waals surface area contributed by atoms with Crippen LogP contribution in [0.4, 0.5) is 14.2 Å². The molecular weight excluding hydrogens is 291 g/mol. The number of anilines is 1. The third kappa shape index (κ3) is 3.75. The van der Waals surface area contributed by atoms with Gasteiger partial charge in [0.05, 0.1) is 12.4 Å². The lowest BCUT2D eigenvalue weighted by Crippen LogP contribution is -2.41. The predicted octanol–water partition coefficient (Wildman–Crippen LogP) is 3.29. The van der Waals surface area contributed by atoms with Gasteiger partial charge in [-0.3, -0.25) is 9.88 Å². The molecule has 0 spiro atoms. The second-order valence-corrected chi connectivity index (χ2v) is 5.72. The zero-order valence-corrected chi connectivity index (χ0v) is 12.9. The van der Waals surface area contributed by atoms with Crippen molar-refractivity contribution in [3.63, 3.8) is 0 Å². The average Bonchev–Trinajstić information content (AvgIpc) is 2.96. The number of aromatic nitrogens is 2. The Morgan fingerprint density at radius 2 is 2.24 bits per heavy atom. The molecule has 5 nitrogen and oxygen atoms in total. The number of hydrogen-bond donors (Lipinski definition) is 1. The van der Waals surface area contributed by atoms with Crippen molar-refractivity contribution in [2.24, 2.45) is 0 Å². The van der Waals surface area contributed by atoms with E-state index in [1.165, 1.54) is 22.3 Å². The van der Waals surface area contributed by atoms with Crippen molar-refractivity contribution >= 4 is 22.4 Å². The molecule has 7 heteroatoms. The van der Waals surface area contributed by atoms with Crippen molar-refractivity contribution in [3.8, 4) is 10.6 Å². The van der Waals surface area contributed by atoms with Gasteiger partial charge in [0.25, 0.3) is 0 Å². The standard InChI is InChI=1S/C14H17FN4OS/c1-4-9(2)18-14(20)19(3)12-8-17-13(21-12)10-5-11(15)7-16-6-10/h5-9H,4H2,1-3H3,(H,18,20). The Morgan fingerprint density at radius 1 is 1.48 bits per heavy atom. The van der Waals surface area contributed by atoms with Crippen molar-refractivity contribution in [1.82, 2.24) is 15.3 Å². The van der Waals surface area contributed by atoms with Gasteiger partial charge in [-0.1, -0.05) is 18.3 Å². The molecule has 0 aromatic carbocycles. The maximum atomic E-state index is 13.2. The van der Waals surface area contributed by atoms with Gasteiger partial charge in [-0.25, -0.2) is 14.2 Å². The highest BCUT2D eigenvalue weighted by Crippen LogP contribution is 2.30. The zero-order valence-electron chi connectivity index (χ0n) is 12.1. The summed E-state index contributed by atoms with van der Waals surface area (Å²) in [6.45, 7) is 3.95. The molecule has 0 aliphatic carbocycles. The van der Waals surface area contributed by atoms with Crippen LogP contribution in [0.2, 0.25) is 0 Å². The van der Waals surface area contributed by atoms with Crippen LogP contribution in [0.3, 0.4) is 0 Å². The molecular formula is C14H17FN4OS. The Labute approximate surface area is 126 Å². The van der Waals surface area contributed by atoms with Gasteiger partial charge in [0, 0.05) is 24.8 Å². The molecule has 0 aliphatic rings. The molecule has 0 fully saturated rings. The highest BCUT2D eigenvalue weighted by molar-refractivity contribution is 7.19. The van der Waals surface area contributed by atoms with E-state index in [0.29, 0.717) is 15.6 Å². The number of carbonyl (C=O) groups excluding carboxylic acids is 1. The van der Waals surface area contributed by atoms with E-state index in [-0.39, 0.29) is 12.1 Å². The second-order valence-electron chi connectivity index (χ2n) is 4.71. The van der Waals surface area contributed by atoms with Crippen LogP contribution in [0.5, 0.6) is 0 Å². The lowest BCUT2D eigenvalue weighted by molar-refractivity contribution is 0.244. The lowest BCUT2D eigenvalue weighted by atomic mass is 10.3. The summed E-state index contributed by atoms with van der Waals surface area (Å²) in [5.74, 6) is -0.410. The number of amides is 2. The molecule has 2 rings (SSSR count). The van der Waals surface area contributed by atoms with Gasteiger partial charge in [-0.15, -0.1) is 0 Å². The van der Waals surface area contributed by atoms with Gasteiger partial charge in [0.2, 0.25) is 0 Å². The van der Waals surface area contributed by atoms with Gasteiger partial charge in [-0.05, 0) is 19.4 Å². The first-order valence-electron chi connectivity index (χ1n) is 6.62. The molecule has 112 valence electrons. The summed E-state index contributed by atoms with van der Waals surface area (Å²) in [5, 5.41) is 4.19. The SMILES string of the molecule is CCC(C)NC(=O)N(C)c1cnc(-c2cncc(F)c2)s1. The summed E-state index contributed by atoms with van der Waals surface area (Å²) < 4.78 is 13.2. The van der Waals surface area contributed by atoms with Gasteiger partial charge < -0.3 is 5.32 Å². The second kappa shape index (κ2) is 6.62. The summed E-state index contributed by atoms with van der Waals surface area (Å²) in [4.78, 5) is 21.6. The number of nitrogens with one attached hydrogen (secondary N) is 1. The van der Waals surface area contributed by atoms with Crippen molar-refractivity contribution in [2.75, 3.05) is 11.9 Å². The number of thiazole rings is 1. The van der Waals surface area contributed by atoms with Crippen LogP contribution in [-0.4, -0.2) is 29.1 Å². The van der Waals surface area contributed by atoms with Crippen molar-refractivity contribution in [1.29, 1.82) is 0 Å². The monoisotopic (exact) mass is 308 g/mol. The fourth-order valence-electron chi connectivity index (χ4n) is 1.59. The van der Waals surface area contributed by atoms with Crippen molar-refractivity contribution in [2.45, 2.75) is 26.3 Å². The first-order chi connectivity index (χ1) is 10.0. The van der Waals surface area contributed by atoms with Gasteiger partial charge >= 0.3 is 6.03 Å². The van der Waals surface area contributed by atoms with E-state index >= 15 is 0 Å². The predicted molar refractivity (Wildman–Crippen MR) is 82.0 cm³/mol. The van der Waals surface area contributed by atoms with Crippen LogP contribution < -0.4 is 10.2 Å². The zero-order chi connectivity index (χ0) is 15.4. The van der Waals surface area contributed by atoms with Crippen molar-refractivity contribution < 1.29 is 9.18 Å². The number of pyridine rings is 1. The smallest absolute Gasteiger partial charge is 0.322 e. The molecule has 0 saturated heterocycles. The number of nitrogens with zero attached hydrogens (tertiary/aromatic N) is 3. The molecule has 0 aliphatic heterocycles. The summed E-state index contributed by atoms with van der Waals surface area (Å²) in [5.41, 5.74) is 0.599. The number of halogens is 1. The number of rotatable bonds is 4. The molecule has 0 radical (unpaired) electrons. The van der Waals surface area contributed by atoms with Crippen molar-refractivity contribution in [3.05, 3.63) is 30.5 Å². The Hall–Kier alpha value is -2.02. The highest BCUT2D eigenvalue weighted by Gasteiger charge is 2.16. The minimum atomic E-state index is -0.410. The third-order valence-electron chi connectivity index (χ3n) is 3.06. The first kappa shape index (κ1) is 15.4. The molecule has 1 unspecified atom stereocenters. The molecule has 2 heterocycles. The fraction of sp³-hybridized carbons (Fsp3) is 0.357. The molecule has 2 amide bonds. The Morgan fingerprint density at radius 3 is 2.90 bits per heavy atom. The minimum Gasteiger partial charge on any atom is -0.335 e. The number of carbonyl (C=O) groups is 1. The molecule has 0 saturated carbocycles. The maximum absolute atomic E-state index is 13.2. The van der Waals surface area contributed by atoms with Crippen LogP contribution in [0.1, 0.15) is 20.3 Å². The molecule has 21 heavy (non-hydrogen) atoms. The first-order valence-corrected chi connectivity index (χ1v) is 7.44. The minimum absolute atomic E-state index is 0.111. The Balaban J connectivity index is 2.14. The van der Waals surface area contributed by atoms with E-state index in [1.54, 1.807) is 19.4 Å². The molecule has 1 N–H and O–H groups in total. The highest BCUT2D eigenvalue weighted by atomic mass is 32.1. The van der Waals surface area contributed by atoms with E-state index in [1.807, 2.05) is 13.8 Å². The molecule has 2 aromatic heterocycles. The fourth-order valence-corrected chi connectivity index (χ4v) is 2.45. The average molecular weight is 308 g/mol. The van der Waals surface area contributed by atoms with Crippen LogP contribution in [0, 0.1) is 5.82 Å². The lowest BCUT2D eigenvalue weighted by Gasteiger charge is -2.18. The molecule has 1 atom stereocenters. The largest absolute Gasteiger partial charge is 0.335 e. The van der Waals surface area contributed by atoms with E-state index in [2.05, 4.69) is 15.3 Å². The van der Waals surface area contributed by atoms with Crippen LogP contribution >= 0.6 is 11.3 Å². The maximum Gasteiger partial charge on any atom is 0.322 e. The summed E-state index contributed by atoms with van der Waals surface area (Å²) in [6, 6.07) is 1.30. The van der Waals surface area contributed by atoms with Gasteiger partial charge in [-0.2, -0.15) is 0 Å². The topological polar surface area (TPSA) is 58.1 Å². The van der Waals surface area contributed by atoms with E-state index < -0.39 is 5.82 Å². The van der Waals surface area contributed by atoms with E-state index in [4.69, 9.17) is 0 Å². The summed E-state index contributed by atoms with van der Waals surface area (Å²) >= 11 is 1.31. The Kier molecular flexibility index (Phi) is 4.85. The van der Waals surface area contributed by atoms with Gasteiger partial charge in [0.15, 0.2) is 0 Å².